The van der Waals surface area contributed by atoms with Crippen molar-refractivity contribution in [3.05, 3.63) is 48.6 Å². The fourth-order valence-electron chi connectivity index (χ4n) is 9.77. The Labute approximate surface area is 482 Å². The molecule has 0 aliphatic heterocycles. The molecule has 0 aliphatic carbocycles. The van der Waals surface area contributed by atoms with Gasteiger partial charge < -0.3 is 28.5 Å². The predicted octanol–water partition coefficient (Wildman–Crippen LogP) is 20.2. The number of allylic oxidation sites excluding steroid dienone is 8. The Morgan fingerprint density at radius 3 is 1.09 bits per heavy atom. The number of hydrogen-bond donors (Lipinski definition) is 1. The van der Waals surface area contributed by atoms with Crippen LogP contribution in [0.3, 0.4) is 0 Å². The molecule has 0 fully saturated rings. The summed E-state index contributed by atoms with van der Waals surface area (Å²) >= 11 is 0. The van der Waals surface area contributed by atoms with E-state index < -0.39 is 18.4 Å². The average molecular weight is 1100 g/mol. The molecule has 0 aromatic carbocycles. The number of carbonyl (C=O) groups is 3. The molecule has 9 heteroatoms. The number of aliphatic carboxylic acids is 1. The molecule has 0 amide bonds. The summed E-state index contributed by atoms with van der Waals surface area (Å²) in [5, 5.41) is 9.72. The van der Waals surface area contributed by atoms with Crippen molar-refractivity contribution in [1.29, 1.82) is 0 Å². The summed E-state index contributed by atoms with van der Waals surface area (Å²) in [5.41, 5.74) is 0. The van der Waals surface area contributed by atoms with Crippen LogP contribution in [0.5, 0.6) is 0 Å². The molecule has 0 spiro atoms. The SMILES string of the molecule is CC/C=C\C/C=C\C/C=C\C/C=C\CCCCCCCCCCCCCCCCCCCCCCCCCCC(=O)OC(COC(=O)CCCCCCCCCCCCCCCCCC)COC(OCC[N+](C)(C)C)C(=O)O. The molecule has 78 heavy (non-hydrogen) atoms. The molecule has 0 rings (SSSR count). The van der Waals surface area contributed by atoms with Gasteiger partial charge in [0.05, 0.1) is 34.4 Å². The van der Waals surface area contributed by atoms with E-state index in [0.717, 1.165) is 64.2 Å². The van der Waals surface area contributed by atoms with Crippen LogP contribution in [0.15, 0.2) is 48.6 Å². The number of quaternary nitrogens is 1. The highest BCUT2D eigenvalue weighted by Crippen LogP contribution is 2.18. The van der Waals surface area contributed by atoms with Gasteiger partial charge in [0.2, 0.25) is 0 Å². The summed E-state index contributed by atoms with van der Waals surface area (Å²) in [6, 6.07) is 0. The predicted molar refractivity (Wildman–Crippen MR) is 332 cm³/mol. The third-order valence-corrected chi connectivity index (χ3v) is 14.8. The standard InChI is InChI=1S/C69H127NO8/c1-6-8-10-12-14-16-18-20-22-24-25-26-27-28-29-30-31-32-33-34-35-36-37-38-39-40-41-42-43-44-46-48-50-52-54-56-58-60-67(72)78-65(64-77-69(68(73)74)75-62-61-70(3,4)5)63-76-66(71)59-57-55-53-51-49-47-45-23-21-19-17-15-13-11-9-7-2/h8,10,14,16,20,22,25-26,65,69H,6-7,9,11-13,15,17-19,21,23-24,27-64H2,1-5H3/p+1/b10-8-,16-14-,22-20-,26-25-. The molecule has 2 unspecified atom stereocenters. The van der Waals surface area contributed by atoms with Crippen molar-refractivity contribution < 1.29 is 42.9 Å². The van der Waals surface area contributed by atoms with Gasteiger partial charge in [-0.15, -0.1) is 0 Å². The van der Waals surface area contributed by atoms with Crippen molar-refractivity contribution in [2.75, 3.05) is 47.5 Å². The maximum Gasteiger partial charge on any atom is 0.361 e. The van der Waals surface area contributed by atoms with Crippen LogP contribution in [0.1, 0.15) is 316 Å². The van der Waals surface area contributed by atoms with Crippen LogP contribution in [-0.4, -0.2) is 87.4 Å². The number of hydrogen-bond acceptors (Lipinski definition) is 7. The maximum atomic E-state index is 12.9. The van der Waals surface area contributed by atoms with Crippen LogP contribution in [0.2, 0.25) is 0 Å². The number of ether oxygens (including phenoxy) is 4. The van der Waals surface area contributed by atoms with E-state index in [4.69, 9.17) is 18.9 Å². The van der Waals surface area contributed by atoms with Crippen LogP contribution < -0.4 is 0 Å². The van der Waals surface area contributed by atoms with E-state index in [1.165, 1.54) is 225 Å². The number of unbranched alkanes of at least 4 members (excludes halogenated alkanes) is 39. The van der Waals surface area contributed by atoms with E-state index in [9.17, 15) is 19.5 Å². The van der Waals surface area contributed by atoms with Crippen molar-refractivity contribution in [3.8, 4) is 0 Å². The van der Waals surface area contributed by atoms with Gasteiger partial charge >= 0.3 is 17.9 Å². The third-order valence-electron chi connectivity index (χ3n) is 14.8. The maximum absolute atomic E-state index is 12.9. The lowest BCUT2D eigenvalue weighted by atomic mass is 10.0. The van der Waals surface area contributed by atoms with Crippen LogP contribution in [-0.2, 0) is 33.3 Å². The van der Waals surface area contributed by atoms with E-state index in [-0.39, 0.29) is 38.2 Å². The largest absolute Gasteiger partial charge is 0.477 e. The van der Waals surface area contributed by atoms with Crippen molar-refractivity contribution in [1.82, 2.24) is 0 Å². The molecular formula is C69H128NO8+. The quantitative estimate of drug-likeness (QED) is 0.0211. The molecule has 1 N–H and O–H groups in total. The normalized spacial score (nSPS) is 13.0. The molecule has 0 bridgehead atoms. The number of esters is 2. The van der Waals surface area contributed by atoms with Crippen LogP contribution in [0.4, 0.5) is 0 Å². The molecule has 0 radical (unpaired) electrons. The van der Waals surface area contributed by atoms with Gasteiger partial charge in [-0.3, -0.25) is 9.59 Å². The van der Waals surface area contributed by atoms with E-state index in [1.54, 1.807) is 0 Å². The zero-order valence-corrected chi connectivity index (χ0v) is 52.1. The second-order valence-corrected chi connectivity index (χ2v) is 23.8. The summed E-state index contributed by atoms with van der Waals surface area (Å²) in [5.74, 6) is -1.98. The molecule has 9 nitrogen and oxygen atoms in total. The van der Waals surface area contributed by atoms with Crippen molar-refractivity contribution >= 4 is 17.9 Å². The second-order valence-electron chi connectivity index (χ2n) is 23.8. The molecule has 0 aromatic rings. The first-order chi connectivity index (χ1) is 38.1. The first-order valence-electron chi connectivity index (χ1n) is 33.3. The molecule has 0 aromatic heterocycles. The van der Waals surface area contributed by atoms with Crippen LogP contribution in [0.25, 0.3) is 0 Å². The molecule has 0 aliphatic rings. The summed E-state index contributed by atoms with van der Waals surface area (Å²) < 4.78 is 22.9. The monoisotopic (exact) mass is 1100 g/mol. The highest BCUT2D eigenvalue weighted by molar-refractivity contribution is 5.71. The van der Waals surface area contributed by atoms with Gasteiger partial charge in [0.25, 0.3) is 6.29 Å². The molecule has 0 saturated carbocycles. The fourth-order valence-corrected chi connectivity index (χ4v) is 9.77. The number of nitrogens with zero attached hydrogens (tertiary/aromatic N) is 1. The topological polar surface area (TPSA) is 108 Å². The Hall–Kier alpha value is -2.75. The lowest BCUT2D eigenvalue weighted by molar-refractivity contribution is -0.870. The Bertz CT molecular complexity index is 1420. The molecular weight excluding hydrogens is 971 g/mol. The van der Waals surface area contributed by atoms with Crippen LogP contribution >= 0.6 is 0 Å². The minimum absolute atomic E-state index is 0.175. The lowest BCUT2D eigenvalue weighted by Gasteiger charge is -2.25. The molecule has 2 atom stereocenters. The summed E-state index contributed by atoms with van der Waals surface area (Å²) in [6.07, 6.45) is 73.7. The summed E-state index contributed by atoms with van der Waals surface area (Å²) in [6.45, 7) is 4.82. The number of rotatable bonds is 62. The van der Waals surface area contributed by atoms with Gasteiger partial charge in [-0.2, -0.15) is 0 Å². The highest BCUT2D eigenvalue weighted by atomic mass is 16.7. The fraction of sp³-hybridized carbons (Fsp3) is 0.841. The van der Waals surface area contributed by atoms with E-state index in [1.807, 2.05) is 21.1 Å². The van der Waals surface area contributed by atoms with Crippen molar-refractivity contribution in [2.24, 2.45) is 0 Å². The number of carboxylic acids is 1. The van der Waals surface area contributed by atoms with Crippen molar-refractivity contribution in [3.63, 3.8) is 0 Å². The Morgan fingerprint density at radius 2 is 0.731 bits per heavy atom. The first-order valence-corrected chi connectivity index (χ1v) is 33.3. The van der Waals surface area contributed by atoms with E-state index in [0.29, 0.717) is 17.4 Å². The Kier molecular flexibility index (Phi) is 58.2. The number of carbonyl (C=O) groups excluding carboxylic acids is 2. The lowest BCUT2D eigenvalue weighted by Crippen LogP contribution is -2.40. The van der Waals surface area contributed by atoms with E-state index >= 15 is 0 Å². The third kappa shape index (κ3) is 60.9. The zero-order chi connectivity index (χ0) is 56.9. The second kappa shape index (κ2) is 60.3. The van der Waals surface area contributed by atoms with Crippen molar-refractivity contribution in [2.45, 2.75) is 328 Å². The smallest absolute Gasteiger partial charge is 0.361 e. The summed E-state index contributed by atoms with van der Waals surface area (Å²) in [4.78, 5) is 37.5. The van der Waals surface area contributed by atoms with Gasteiger partial charge in [-0.25, -0.2) is 4.79 Å². The molecule has 456 valence electrons. The Balaban J connectivity index is 3.98. The minimum Gasteiger partial charge on any atom is -0.477 e. The van der Waals surface area contributed by atoms with Gasteiger partial charge in [0.15, 0.2) is 6.10 Å². The van der Waals surface area contributed by atoms with Gasteiger partial charge in [0.1, 0.15) is 13.2 Å². The van der Waals surface area contributed by atoms with Gasteiger partial charge in [-0.05, 0) is 51.4 Å². The first kappa shape index (κ1) is 75.2. The average Bonchev–Trinajstić information content (AvgIpc) is 3.41. The van der Waals surface area contributed by atoms with Crippen LogP contribution in [0, 0.1) is 0 Å². The van der Waals surface area contributed by atoms with E-state index in [2.05, 4.69) is 62.5 Å². The zero-order valence-electron chi connectivity index (χ0n) is 52.1. The van der Waals surface area contributed by atoms with Gasteiger partial charge in [-0.1, -0.05) is 300 Å². The van der Waals surface area contributed by atoms with Gasteiger partial charge in [0, 0.05) is 12.8 Å². The number of likely N-dealkylation sites (N-methyl/N-ethyl adjacent to an activating group) is 1. The molecule has 0 saturated heterocycles. The Morgan fingerprint density at radius 1 is 0.397 bits per heavy atom. The molecule has 0 heterocycles. The summed E-state index contributed by atoms with van der Waals surface area (Å²) in [7, 11) is 5.98. The number of carboxylic acid groups (broad SMARTS) is 1. The minimum atomic E-state index is -1.51. The highest BCUT2D eigenvalue weighted by Gasteiger charge is 2.25.